The van der Waals surface area contributed by atoms with Crippen molar-refractivity contribution in [3.8, 4) is 0 Å². The predicted octanol–water partition coefficient (Wildman–Crippen LogP) is 4.58. The van der Waals surface area contributed by atoms with Gasteiger partial charge in [0.05, 0.1) is 5.60 Å². The van der Waals surface area contributed by atoms with Crippen molar-refractivity contribution in [1.82, 2.24) is 5.32 Å². The van der Waals surface area contributed by atoms with Crippen LogP contribution in [0.4, 0.5) is 8.78 Å². The van der Waals surface area contributed by atoms with Crippen molar-refractivity contribution in [2.45, 2.75) is 45.3 Å². The van der Waals surface area contributed by atoms with Crippen LogP contribution in [0.2, 0.25) is 0 Å². The van der Waals surface area contributed by atoms with Gasteiger partial charge in [0.25, 0.3) is 0 Å². The van der Waals surface area contributed by atoms with Crippen molar-refractivity contribution >= 4 is 15.9 Å². The van der Waals surface area contributed by atoms with Crippen LogP contribution in [0.5, 0.6) is 0 Å². The molecule has 0 bridgehead atoms. The highest BCUT2D eigenvalue weighted by atomic mass is 79.9. The lowest BCUT2D eigenvalue weighted by Gasteiger charge is -2.27. The van der Waals surface area contributed by atoms with E-state index >= 15 is 0 Å². The minimum absolute atomic E-state index is 0.0990. The van der Waals surface area contributed by atoms with E-state index in [1.54, 1.807) is 7.11 Å². The molecular weight excluding hydrogens is 328 g/mol. The minimum Gasteiger partial charge on any atom is -0.379 e. The average Bonchev–Trinajstić information content (AvgIpc) is 2.35. The SMILES string of the molecule is CCNC(CCC(C)(C)OC)c1c(F)cc(Br)cc1F. The Morgan fingerprint density at radius 1 is 1.30 bits per heavy atom. The largest absolute Gasteiger partial charge is 0.379 e. The number of hydrogen-bond donors (Lipinski definition) is 1. The number of halogens is 3. The van der Waals surface area contributed by atoms with E-state index in [1.807, 2.05) is 20.8 Å². The van der Waals surface area contributed by atoms with Gasteiger partial charge in [-0.25, -0.2) is 8.78 Å². The molecular formula is C15H22BrF2NO. The normalized spacial score (nSPS) is 13.6. The third-order valence-electron chi connectivity index (χ3n) is 3.43. The van der Waals surface area contributed by atoms with E-state index in [1.165, 1.54) is 12.1 Å². The number of rotatable bonds is 7. The highest BCUT2D eigenvalue weighted by molar-refractivity contribution is 9.10. The minimum atomic E-state index is -0.530. The average molecular weight is 350 g/mol. The molecule has 1 aromatic rings. The number of hydrogen-bond acceptors (Lipinski definition) is 2. The summed E-state index contributed by atoms with van der Waals surface area (Å²) in [5, 5.41) is 3.15. The predicted molar refractivity (Wildman–Crippen MR) is 80.8 cm³/mol. The van der Waals surface area contributed by atoms with Crippen LogP contribution in [0.1, 0.15) is 45.2 Å². The van der Waals surface area contributed by atoms with Crippen molar-refractivity contribution in [2.24, 2.45) is 0 Å². The molecule has 1 unspecified atom stereocenters. The summed E-state index contributed by atoms with van der Waals surface area (Å²) in [5.41, 5.74) is -0.211. The van der Waals surface area contributed by atoms with Crippen molar-refractivity contribution < 1.29 is 13.5 Å². The maximum absolute atomic E-state index is 14.0. The molecule has 0 aromatic heterocycles. The first-order valence-corrected chi connectivity index (χ1v) is 7.53. The van der Waals surface area contributed by atoms with Gasteiger partial charge in [-0.3, -0.25) is 0 Å². The molecule has 0 radical (unpaired) electrons. The molecule has 5 heteroatoms. The van der Waals surface area contributed by atoms with E-state index in [4.69, 9.17) is 4.74 Å². The maximum atomic E-state index is 14.0. The fraction of sp³-hybridized carbons (Fsp3) is 0.600. The molecule has 0 aliphatic heterocycles. The summed E-state index contributed by atoms with van der Waals surface area (Å²) in [5.74, 6) is -1.06. The number of nitrogens with one attached hydrogen (secondary N) is 1. The Kier molecular flexibility index (Phi) is 6.55. The van der Waals surface area contributed by atoms with Gasteiger partial charge < -0.3 is 10.1 Å². The highest BCUT2D eigenvalue weighted by Gasteiger charge is 2.24. The lowest BCUT2D eigenvalue weighted by molar-refractivity contribution is 0.0115. The fourth-order valence-electron chi connectivity index (χ4n) is 2.08. The standard InChI is InChI=1S/C15H22BrF2NO/c1-5-19-13(6-7-15(2,3)20-4)14-11(17)8-10(16)9-12(14)18/h8-9,13,19H,5-7H2,1-4H3. The Bertz CT molecular complexity index is 428. The summed E-state index contributed by atoms with van der Waals surface area (Å²) in [6.45, 7) is 6.49. The Morgan fingerprint density at radius 3 is 2.30 bits per heavy atom. The zero-order chi connectivity index (χ0) is 15.3. The molecule has 1 rings (SSSR count). The van der Waals surface area contributed by atoms with E-state index in [0.717, 1.165) is 0 Å². The summed E-state index contributed by atoms with van der Waals surface area (Å²) >= 11 is 3.10. The number of methoxy groups -OCH3 is 1. The third kappa shape index (κ3) is 4.79. The second-order valence-corrected chi connectivity index (χ2v) is 6.31. The van der Waals surface area contributed by atoms with E-state index in [9.17, 15) is 8.78 Å². The van der Waals surface area contributed by atoms with E-state index < -0.39 is 11.6 Å². The van der Waals surface area contributed by atoms with Crippen LogP contribution >= 0.6 is 15.9 Å². The first-order chi connectivity index (χ1) is 9.30. The second-order valence-electron chi connectivity index (χ2n) is 5.40. The molecule has 1 aromatic carbocycles. The zero-order valence-electron chi connectivity index (χ0n) is 12.4. The molecule has 20 heavy (non-hydrogen) atoms. The Balaban J connectivity index is 2.97. The molecule has 1 N–H and O–H groups in total. The van der Waals surface area contributed by atoms with Crippen molar-refractivity contribution in [3.05, 3.63) is 33.8 Å². The molecule has 0 saturated carbocycles. The molecule has 0 spiro atoms. The number of ether oxygens (including phenoxy) is 1. The quantitative estimate of drug-likeness (QED) is 0.777. The summed E-state index contributed by atoms with van der Waals surface area (Å²) < 4.78 is 33.9. The van der Waals surface area contributed by atoms with Gasteiger partial charge >= 0.3 is 0 Å². The molecule has 0 aliphatic rings. The molecule has 0 fully saturated rings. The Hall–Kier alpha value is -0.520. The van der Waals surface area contributed by atoms with Gasteiger partial charge in [0.1, 0.15) is 11.6 Å². The summed E-state index contributed by atoms with van der Waals surface area (Å²) in [6.07, 6.45) is 1.31. The molecule has 2 nitrogen and oxygen atoms in total. The summed E-state index contributed by atoms with van der Waals surface area (Å²) in [4.78, 5) is 0. The molecule has 0 aliphatic carbocycles. The van der Waals surface area contributed by atoms with E-state index in [2.05, 4.69) is 21.2 Å². The van der Waals surface area contributed by atoms with Crippen LogP contribution in [-0.2, 0) is 4.74 Å². The monoisotopic (exact) mass is 349 g/mol. The van der Waals surface area contributed by atoms with Crippen LogP contribution < -0.4 is 5.32 Å². The molecule has 0 saturated heterocycles. The van der Waals surface area contributed by atoms with Gasteiger partial charge in [-0.1, -0.05) is 22.9 Å². The van der Waals surface area contributed by atoms with Crippen LogP contribution in [0.25, 0.3) is 0 Å². The van der Waals surface area contributed by atoms with Crippen LogP contribution in [0, 0.1) is 11.6 Å². The zero-order valence-corrected chi connectivity index (χ0v) is 14.0. The van der Waals surface area contributed by atoms with Crippen LogP contribution in [0.3, 0.4) is 0 Å². The van der Waals surface area contributed by atoms with E-state index in [0.29, 0.717) is 23.9 Å². The Morgan fingerprint density at radius 2 is 1.85 bits per heavy atom. The van der Waals surface area contributed by atoms with Crippen LogP contribution in [0.15, 0.2) is 16.6 Å². The fourth-order valence-corrected chi connectivity index (χ4v) is 2.48. The molecule has 1 atom stereocenters. The van der Waals surface area contributed by atoms with Gasteiger partial charge in [0.2, 0.25) is 0 Å². The van der Waals surface area contributed by atoms with Gasteiger partial charge in [0, 0.05) is 23.2 Å². The van der Waals surface area contributed by atoms with Crippen molar-refractivity contribution in [3.63, 3.8) is 0 Å². The lowest BCUT2D eigenvalue weighted by Crippen LogP contribution is -2.28. The van der Waals surface area contributed by atoms with E-state index in [-0.39, 0.29) is 17.2 Å². The third-order valence-corrected chi connectivity index (χ3v) is 3.89. The van der Waals surface area contributed by atoms with Gasteiger partial charge in [-0.15, -0.1) is 0 Å². The van der Waals surface area contributed by atoms with Crippen molar-refractivity contribution in [2.75, 3.05) is 13.7 Å². The maximum Gasteiger partial charge on any atom is 0.132 e. The van der Waals surface area contributed by atoms with Gasteiger partial charge in [-0.2, -0.15) is 0 Å². The summed E-state index contributed by atoms with van der Waals surface area (Å²) in [6, 6.07) is 2.23. The van der Waals surface area contributed by atoms with Gasteiger partial charge in [-0.05, 0) is 45.4 Å². The molecule has 114 valence electrons. The smallest absolute Gasteiger partial charge is 0.132 e. The highest BCUT2D eigenvalue weighted by Crippen LogP contribution is 2.30. The number of benzene rings is 1. The first-order valence-electron chi connectivity index (χ1n) is 6.73. The molecule has 0 heterocycles. The second kappa shape index (κ2) is 7.48. The Labute approximate surface area is 128 Å². The van der Waals surface area contributed by atoms with Crippen LogP contribution in [-0.4, -0.2) is 19.3 Å². The van der Waals surface area contributed by atoms with Gasteiger partial charge in [0.15, 0.2) is 0 Å². The first kappa shape index (κ1) is 17.5. The lowest BCUT2D eigenvalue weighted by atomic mass is 9.94. The summed E-state index contributed by atoms with van der Waals surface area (Å²) in [7, 11) is 1.64. The van der Waals surface area contributed by atoms with Crippen molar-refractivity contribution in [1.29, 1.82) is 0 Å². The molecule has 0 amide bonds. The topological polar surface area (TPSA) is 21.3 Å².